The Bertz CT molecular complexity index is 1540. The van der Waals surface area contributed by atoms with Gasteiger partial charge in [0.2, 0.25) is 5.95 Å². The highest BCUT2D eigenvalue weighted by atomic mass is 32.1. The van der Waals surface area contributed by atoms with E-state index in [4.69, 9.17) is 5.73 Å². The summed E-state index contributed by atoms with van der Waals surface area (Å²) in [5, 5.41) is 3.60. The number of anilines is 1. The molecule has 6 heteroatoms. The standard InChI is InChI=1S/C24H17N5S/c1-13-17-8-15(19-11-27-20-12-28-24(25)29-23(19)20)9-18(16(17)6-7-26-13)22-10-14-4-2-3-5-21(14)30-22/h2-12,27H,1H3,(H2,25,28,29). The third-order valence-electron chi connectivity index (χ3n) is 5.52. The number of nitrogens with one attached hydrogen (secondary N) is 1. The lowest BCUT2D eigenvalue weighted by Gasteiger charge is -2.10. The van der Waals surface area contributed by atoms with Gasteiger partial charge in [-0.05, 0) is 53.6 Å². The number of nitrogen functional groups attached to an aromatic ring is 1. The summed E-state index contributed by atoms with van der Waals surface area (Å²) in [6.07, 6.45) is 5.58. The number of aryl methyl sites for hydroxylation is 1. The Balaban J connectivity index is 1.68. The van der Waals surface area contributed by atoms with Gasteiger partial charge in [0.05, 0.1) is 11.7 Å². The molecule has 0 radical (unpaired) electrons. The molecule has 4 aromatic heterocycles. The van der Waals surface area contributed by atoms with Crippen molar-refractivity contribution in [2.24, 2.45) is 0 Å². The van der Waals surface area contributed by atoms with E-state index in [1.54, 1.807) is 6.20 Å². The molecule has 0 bridgehead atoms. The molecule has 144 valence electrons. The number of nitrogens with two attached hydrogens (primary N) is 1. The van der Waals surface area contributed by atoms with Gasteiger partial charge in [-0.1, -0.05) is 18.2 Å². The number of fused-ring (bicyclic) bond motifs is 3. The minimum atomic E-state index is 0.270. The van der Waals surface area contributed by atoms with Gasteiger partial charge in [0.1, 0.15) is 5.52 Å². The van der Waals surface area contributed by atoms with E-state index < -0.39 is 0 Å². The fourth-order valence-electron chi connectivity index (χ4n) is 4.04. The fraction of sp³-hybridized carbons (Fsp3) is 0.0417. The lowest BCUT2D eigenvalue weighted by atomic mass is 9.96. The maximum Gasteiger partial charge on any atom is 0.220 e. The Morgan fingerprint density at radius 1 is 0.967 bits per heavy atom. The summed E-state index contributed by atoms with van der Waals surface area (Å²) in [7, 11) is 0. The average molecular weight is 408 g/mol. The van der Waals surface area contributed by atoms with Gasteiger partial charge in [-0.2, -0.15) is 0 Å². The molecule has 0 spiro atoms. The first-order valence-corrected chi connectivity index (χ1v) is 10.5. The van der Waals surface area contributed by atoms with Crippen LogP contribution in [0.15, 0.2) is 67.1 Å². The van der Waals surface area contributed by atoms with Crippen molar-refractivity contribution in [3.05, 3.63) is 72.8 Å². The molecule has 0 unspecified atom stereocenters. The zero-order chi connectivity index (χ0) is 20.2. The van der Waals surface area contributed by atoms with Crippen LogP contribution in [0.5, 0.6) is 0 Å². The first kappa shape index (κ1) is 17.1. The van der Waals surface area contributed by atoms with Crippen LogP contribution in [0.4, 0.5) is 5.95 Å². The van der Waals surface area contributed by atoms with Crippen LogP contribution in [0, 0.1) is 6.92 Å². The maximum absolute atomic E-state index is 5.86. The predicted molar refractivity (Wildman–Crippen MR) is 125 cm³/mol. The number of aromatic amines is 1. The number of H-pyrrole nitrogens is 1. The second-order valence-corrected chi connectivity index (χ2v) is 8.44. The molecule has 6 aromatic rings. The van der Waals surface area contributed by atoms with Crippen molar-refractivity contribution >= 4 is 49.2 Å². The second kappa shape index (κ2) is 6.37. The lowest BCUT2D eigenvalue weighted by Crippen LogP contribution is -1.94. The van der Waals surface area contributed by atoms with Crippen LogP contribution in [0.25, 0.3) is 53.5 Å². The Labute approximate surface area is 176 Å². The van der Waals surface area contributed by atoms with Crippen LogP contribution >= 0.6 is 11.3 Å². The zero-order valence-corrected chi connectivity index (χ0v) is 17.0. The minimum absolute atomic E-state index is 0.270. The highest BCUT2D eigenvalue weighted by molar-refractivity contribution is 7.22. The van der Waals surface area contributed by atoms with Crippen LogP contribution in [-0.2, 0) is 0 Å². The summed E-state index contributed by atoms with van der Waals surface area (Å²) in [6, 6.07) is 17.3. The number of benzene rings is 2. The molecule has 4 heterocycles. The first-order chi connectivity index (χ1) is 14.7. The molecule has 6 rings (SSSR count). The topological polar surface area (TPSA) is 80.5 Å². The van der Waals surface area contributed by atoms with E-state index in [0.717, 1.165) is 33.2 Å². The maximum atomic E-state index is 5.86. The third-order valence-corrected chi connectivity index (χ3v) is 6.67. The number of nitrogens with zero attached hydrogens (tertiary/aromatic N) is 3. The van der Waals surface area contributed by atoms with E-state index in [0.29, 0.717) is 0 Å². The second-order valence-electron chi connectivity index (χ2n) is 7.36. The van der Waals surface area contributed by atoms with Crippen molar-refractivity contribution in [3.8, 4) is 21.6 Å². The highest BCUT2D eigenvalue weighted by Crippen LogP contribution is 2.41. The van der Waals surface area contributed by atoms with Crippen molar-refractivity contribution < 1.29 is 0 Å². The van der Waals surface area contributed by atoms with Gasteiger partial charge in [0.25, 0.3) is 0 Å². The number of aromatic nitrogens is 4. The summed E-state index contributed by atoms with van der Waals surface area (Å²) < 4.78 is 1.28. The molecular formula is C24H17N5S. The van der Waals surface area contributed by atoms with Crippen LogP contribution in [0.3, 0.4) is 0 Å². The number of thiophene rings is 1. The first-order valence-electron chi connectivity index (χ1n) is 9.66. The third kappa shape index (κ3) is 2.58. The number of hydrogen-bond acceptors (Lipinski definition) is 5. The minimum Gasteiger partial charge on any atom is -0.368 e. The molecule has 30 heavy (non-hydrogen) atoms. The molecule has 3 N–H and O–H groups in total. The molecule has 0 saturated heterocycles. The largest absolute Gasteiger partial charge is 0.368 e. The summed E-state index contributed by atoms with van der Waals surface area (Å²) >= 11 is 1.81. The normalized spacial score (nSPS) is 11.6. The molecule has 0 aliphatic carbocycles. The molecule has 0 aliphatic rings. The Morgan fingerprint density at radius 3 is 2.77 bits per heavy atom. The Morgan fingerprint density at radius 2 is 1.87 bits per heavy atom. The zero-order valence-electron chi connectivity index (χ0n) is 16.2. The van der Waals surface area contributed by atoms with Crippen molar-refractivity contribution in [3.63, 3.8) is 0 Å². The van der Waals surface area contributed by atoms with Crippen LogP contribution < -0.4 is 5.73 Å². The molecule has 0 aliphatic heterocycles. The van der Waals surface area contributed by atoms with Gasteiger partial charge in [0.15, 0.2) is 0 Å². The van der Waals surface area contributed by atoms with Gasteiger partial charge >= 0.3 is 0 Å². The molecule has 0 saturated carbocycles. The van der Waals surface area contributed by atoms with Crippen molar-refractivity contribution in [1.82, 2.24) is 19.9 Å². The highest BCUT2D eigenvalue weighted by Gasteiger charge is 2.15. The van der Waals surface area contributed by atoms with E-state index in [2.05, 4.69) is 75.4 Å². The number of hydrogen-bond donors (Lipinski definition) is 2. The SMILES string of the molecule is Cc1nccc2c(-c3cc4ccccc4s3)cc(-c3c[nH]c4cnc(N)nc34)cc12. The van der Waals surface area contributed by atoms with Crippen molar-refractivity contribution in [2.75, 3.05) is 5.73 Å². The fourth-order valence-corrected chi connectivity index (χ4v) is 5.14. The molecule has 0 fully saturated rings. The lowest BCUT2D eigenvalue weighted by molar-refractivity contribution is 1.23. The Kier molecular flexibility index (Phi) is 3.63. The van der Waals surface area contributed by atoms with Gasteiger partial charge in [0, 0.05) is 44.2 Å². The predicted octanol–water partition coefficient (Wildman–Crippen LogP) is 5.95. The molecule has 0 amide bonds. The summed E-state index contributed by atoms with van der Waals surface area (Å²) in [6.45, 7) is 2.05. The Hall–Kier alpha value is -3.77. The van der Waals surface area contributed by atoms with Crippen molar-refractivity contribution in [1.29, 1.82) is 0 Å². The van der Waals surface area contributed by atoms with Gasteiger partial charge in [-0.3, -0.25) is 4.98 Å². The smallest absolute Gasteiger partial charge is 0.220 e. The molecular weight excluding hydrogens is 390 g/mol. The van der Waals surface area contributed by atoms with E-state index in [9.17, 15) is 0 Å². The van der Waals surface area contributed by atoms with Crippen LogP contribution in [0.2, 0.25) is 0 Å². The molecule has 5 nitrogen and oxygen atoms in total. The van der Waals surface area contributed by atoms with E-state index in [1.165, 1.54) is 25.9 Å². The molecule has 0 atom stereocenters. The van der Waals surface area contributed by atoms with Crippen LogP contribution in [0.1, 0.15) is 5.69 Å². The average Bonchev–Trinajstić information content (AvgIpc) is 3.37. The van der Waals surface area contributed by atoms with Crippen LogP contribution in [-0.4, -0.2) is 19.9 Å². The number of pyridine rings is 1. The molecule has 2 aromatic carbocycles. The van der Waals surface area contributed by atoms with E-state index >= 15 is 0 Å². The van der Waals surface area contributed by atoms with Gasteiger partial charge < -0.3 is 10.7 Å². The monoisotopic (exact) mass is 407 g/mol. The van der Waals surface area contributed by atoms with E-state index in [1.807, 2.05) is 23.7 Å². The summed E-state index contributed by atoms with van der Waals surface area (Å²) in [5.41, 5.74) is 11.8. The summed E-state index contributed by atoms with van der Waals surface area (Å²) in [4.78, 5) is 17.6. The quantitative estimate of drug-likeness (QED) is 0.372. The van der Waals surface area contributed by atoms with E-state index in [-0.39, 0.29) is 5.95 Å². The van der Waals surface area contributed by atoms with Gasteiger partial charge in [-0.25, -0.2) is 9.97 Å². The summed E-state index contributed by atoms with van der Waals surface area (Å²) in [5.74, 6) is 0.270. The van der Waals surface area contributed by atoms with Crippen molar-refractivity contribution in [2.45, 2.75) is 6.92 Å². The number of rotatable bonds is 2. The van der Waals surface area contributed by atoms with Gasteiger partial charge in [-0.15, -0.1) is 11.3 Å².